The van der Waals surface area contributed by atoms with E-state index in [2.05, 4.69) is 12.2 Å². The van der Waals surface area contributed by atoms with Crippen LogP contribution in [0.1, 0.15) is 46.0 Å². The number of rotatable bonds is 6. The molecule has 0 heterocycles. The van der Waals surface area contributed by atoms with E-state index in [0.717, 1.165) is 19.4 Å². The lowest BCUT2D eigenvalue weighted by Gasteiger charge is -2.20. The molecule has 0 aromatic carbocycles. The third kappa shape index (κ3) is 4.87. The van der Waals surface area contributed by atoms with Gasteiger partial charge in [0.15, 0.2) is 0 Å². The molecule has 4 heteroatoms. The second-order valence-corrected chi connectivity index (χ2v) is 4.85. The Labute approximate surface area is 89.4 Å². The molecule has 1 fully saturated rings. The highest BCUT2D eigenvalue weighted by atomic mass is 19.4. The topological polar surface area (TPSA) is 12.0 Å². The summed E-state index contributed by atoms with van der Waals surface area (Å²) in [4.78, 5) is 0. The molecule has 0 aromatic rings. The summed E-state index contributed by atoms with van der Waals surface area (Å²) in [5.41, 5.74) is 0.328. The van der Waals surface area contributed by atoms with Gasteiger partial charge in [0.1, 0.15) is 0 Å². The van der Waals surface area contributed by atoms with Gasteiger partial charge in [0, 0.05) is 12.6 Å². The van der Waals surface area contributed by atoms with Crippen LogP contribution in [0.15, 0.2) is 0 Å². The smallest absolute Gasteiger partial charge is 0.313 e. The molecule has 0 spiro atoms. The Morgan fingerprint density at radius 3 is 2.33 bits per heavy atom. The summed E-state index contributed by atoms with van der Waals surface area (Å²) >= 11 is 0. The second-order valence-electron chi connectivity index (χ2n) is 4.85. The van der Waals surface area contributed by atoms with Crippen molar-refractivity contribution in [2.24, 2.45) is 5.41 Å². The number of halogens is 3. The summed E-state index contributed by atoms with van der Waals surface area (Å²) in [6.07, 6.45) is -0.170. The van der Waals surface area contributed by atoms with Crippen LogP contribution in [0.4, 0.5) is 13.2 Å². The molecule has 1 atom stereocenters. The van der Waals surface area contributed by atoms with E-state index in [-0.39, 0.29) is 0 Å². The summed E-state index contributed by atoms with van der Waals surface area (Å²) in [6, 6.07) is -0.459. The minimum absolute atomic E-state index is 0.328. The van der Waals surface area contributed by atoms with E-state index in [1.54, 1.807) is 6.92 Å². The number of nitrogens with one attached hydrogen (secondary N) is 1. The molecule has 90 valence electrons. The van der Waals surface area contributed by atoms with Crippen LogP contribution in [0.3, 0.4) is 0 Å². The van der Waals surface area contributed by atoms with Crippen molar-refractivity contribution < 1.29 is 13.2 Å². The minimum atomic E-state index is -4.05. The summed E-state index contributed by atoms with van der Waals surface area (Å²) in [6.45, 7) is 4.48. The standard InChI is InChI=1S/C11H20F3N/c1-3-4-10(5-6-10)8-15-9(2)7-11(12,13)14/h9,15H,3-8H2,1-2H3. The maximum absolute atomic E-state index is 12.0. The average Bonchev–Trinajstić information content (AvgIpc) is 2.80. The zero-order chi connectivity index (χ0) is 11.5. The van der Waals surface area contributed by atoms with E-state index < -0.39 is 18.6 Å². The summed E-state index contributed by atoms with van der Waals surface area (Å²) in [7, 11) is 0. The fourth-order valence-corrected chi connectivity index (χ4v) is 2.03. The van der Waals surface area contributed by atoms with Gasteiger partial charge in [-0.3, -0.25) is 0 Å². The molecule has 1 aliphatic carbocycles. The van der Waals surface area contributed by atoms with E-state index in [0.29, 0.717) is 5.41 Å². The Hall–Kier alpha value is -0.250. The normalized spacial score (nSPS) is 21.4. The molecule has 1 rings (SSSR count). The maximum atomic E-state index is 12.0. The van der Waals surface area contributed by atoms with Crippen LogP contribution in [-0.4, -0.2) is 18.8 Å². The first kappa shape index (κ1) is 12.8. The second kappa shape index (κ2) is 4.73. The van der Waals surface area contributed by atoms with Crippen molar-refractivity contribution in [1.82, 2.24) is 5.32 Å². The van der Waals surface area contributed by atoms with Gasteiger partial charge in [-0.05, 0) is 31.6 Å². The molecule has 0 amide bonds. The van der Waals surface area contributed by atoms with Gasteiger partial charge < -0.3 is 5.32 Å². The van der Waals surface area contributed by atoms with Crippen LogP contribution in [0.2, 0.25) is 0 Å². The number of hydrogen-bond donors (Lipinski definition) is 1. The summed E-state index contributed by atoms with van der Waals surface area (Å²) < 4.78 is 36.1. The highest BCUT2D eigenvalue weighted by Gasteiger charge is 2.41. The van der Waals surface area contributed by atoms with E-state index >= 15 is 0 Å². The van der Waals surface area contributed by atoms with Crippen molar-refractivity contribution >= 4 is 0 Å². The zero-order valence-corrected chi connectivity index (χ0v) is 9.45. The van der Waals surface area contributed by atoms with Gasteiger partial charge in [0.05, 0.1) is 6.42 Å². The number of alkyl halides is 3. The Morgan fingerprint density at radius 1 is 1.33 bits per heavy atom. The fourth-order valence-electron chi connectivity index (χ4n) is 2.03. The van der Waals surface area contributed by atoms with Crippen molar-refractivity contribution in [3.63, 3.8) is 0 Å². The van der Waals surface area contributed by atoms with Crippen LogP contribution < -0.4 is 5.32 Å². The third-order valence-corrected chi connectivity index (χ3v) is 3.10. The first-order valence-corrected chi connectivity index (χ1v) is 5.67. The average molecular weight is 223 g/mol. The molecule has 0 bridgehead atoms. The molecule has 0 saturated heterocycles. The Kier molecular flexibility index (Phi) is 4.04. The molecular formula is C11H20F3N. The Bertz CT molecular complexity index is 196. The molecule has 1 nitrogen and oxygen atoms in total. The first-order valence-electron chi connectivity index (χ1n) is 5.67. The van der Waals surface area contributed by atoms with Crippen LogP contribution in [0.5, 0.6) is 0 Å². The minimum Gasteiger partial charge on any atom is -0.313 e. The maximum Gasteiger partial charge on any atom is 0.390 e. The summed E-state index contributed by atoms with van der Waals surface area (Å²) in [5, 5.41) is 3.01. The molecule has 0 aromatic heterocycles. The molecule has 15 heavy (non-hydrogen) atoms. The Morgan fingerprint density at radius 2 is 1.93 bits per heavy atom. The molecule has 1 saturated carbocycles. The van der Waals surface area contributed by atoms with Crippen molar-refractivity contribution in [2.75, 3.05) is 6.54 Å². The SMILES string of the molecule is CCCC1(CNC(C)CC(F)(F)F)CC1. The quantitative estimate of drug-likeness (QED) is 0.726. The predicted molar refractivity (Wildman–Crippen MR) is 54.7 cm³/mol. The van der Waals surface area contributed by atoms with Gasteiger partial charge in [0.2, 0.25) is 0 Å². The van der Waals surface area contributed by atoms with Gasteiger partial charge in [-0.25, -0.2) is 0 Å². The van der Waals surface area contributed by atoms with Gasteiger partial charge in [-0.15, -0.1) is 0 Å². The van der Waals surface area contributed by atoms with E-state index in [9.17, 15) is 13.2 Å². The molecule has 1 aliphatic rings. The van der Waals surface area contributed by atoms with E-state index in [1.807, 2.05) is 0 Å². The van der Waals surface area contributed by atoms with Crippen molar-refractivity contribution in [3.05, 3.63) is 0 Å². The van der Waals surface area contributed by atoms with Gasteiger partial charge in [-0.2, -0.15) is 13.2 Å². The highest BCUT2D eigenvalue weighted by Crippen LogP contribution is 2.49. The van der Waals surface area contributed by atoms with Gasteiger partial charge in [0.25, 0.3) is 0 Å². The summed E-state index contributed by atoms with van der Waals surface area (Å²) in [5.74, 6) is 0. The molecule has 1 N–H and O–H groups in total. The monoisotopic (exact) mass is 223 g/mol. The van der Waals surface area contributed by atoms with E-state index in [4.69, 9.17) is 0 Å². The lowest BCUT2D eigenvalue weighted by atomic mass is 10.0. The lowest BCUT2D eigenvalue weighted by Crippen LogP contribution is -2.35. The number of hydrogen-bond acceptors (Lipinski definition) is 1. The van der Waals surface area contributed by atoms with E-state index in [1.165, 1.54) is 12.8 Å². The van der Waals surface area contributed by atoms with Crippen molar-refractivity contribution in [3.8, 4) is 0 Å². The predicted octanol–water partition coefficient (Wildman–Crippen LogP) is 3.50. The Balaban J connectivity index is 2.19. The molecular weight excluding hydrogens is 203 g/mol. The molecule has 1 unspecified atom stereocenters. The van der Waals surface area contributed by atoms with Crippen molar-refractivity contribution in [1.29, 1.82) is 0 Å². The van der Waals surface area contributed by atoms with Crippen LogP contribution in [-0.2, 0) is 0 Å². The van der Waals surface area contributed by atoms with Crippen LogP contribution >= 0.6 is 0 Å². The van der Waals surface area contributed by atoms with Gasteiger partial charge in [-0.1, -0.05) is 13.3 Å². The fraction of sp³-hybridized carbons (Fsp3) is 1.00. The largest absolute Gasteiger partial charge is 0.390 e. The van der Waals surface area contributed by atoms with Crippen LogP contribution in [0.25, 0.3) is 0 Å². The molecule has 0 aliphatic heterocycles. The van der Waals surface area contributed by atoms with Crippen molar-refractivity contribution in [2.45, 2.75) is 58.2 Å². The lowest BCUT2D eigenvalue weighted by molar-refractivity contribution is -0.139. The van der Waals surface area contributed by atoms with Crippen LogP contribution in [0, 0.1) is 5.41 Å². The highest BCUT2D eigenvalue weighted by molar-refractivity contribution is 4.94. The zero-order valence-electron chi connectivity index (χ0n) is 9.45. The van der Waals surface area contributed by atoms with Gasteiger partial charge >= 0.3 is 6.18 Å². The third-order valence-electron chi connectivity index (χ3n) is 3.10. The first-order chi connectivity index (χ1) is 6.87. The molecule has 0 radical (unpaired) electrons.